The molecular weight excluding hydrogens is 288 g/mol. The molecule has 2 unspecified atom stereocenters. The van der Waals surface area contributed by atoms with Crippen molar-refractivity contribution in [3.05, 3.63) is 34.9 Å². The molecule has 2 heterocycles. The minimum absolute atomic E-state index is 0. The number of piperidine rings is 1. The topological polar surface area (TPSA) is 55.6 Å². The van der Waals surface area contributed by atoms with Gasteiger partial charge >= 0.3 is 0 Å². The second kappa shape index (κ2) is 6.77. The number of benzene rings is 1. The molecule has 0 saturated carbocycles. The third kappa shape index (κ3) is 3.23. The lowest BCUT2D eigenvalue weighted by atomic mass is 9.95. The zero-order valence-corrected chi connectivity index (χ0v) is 13.2. The number of likely N-dealkylation sites (tertiary alicyclic amines) is 1. The summed E-state index contributed by atoms with van der Waals surface area (Å²) >= 11 is 0. The molecule has 0 bridgehead atoms. The molecule has 2 atom stereocenters. The number of amides is 1. The summed E-state index contributed by atoms with van der Waals surface area (Å²) in [4.78, 5) is 14.7. The quantitative estimate of drug-likeness (QED) is 0.913. The minimum Gasteiger partial charge on any atom is -0.372 e. The summed E-state index contributed by atoms with van der Waals surface area (Å²) in [6.07, 6.45) is 3.24. The molecule has 1 aromatic carbocycles. The Hall–Kier alpha value is -1.10. The number of fused-ring (bicyclic) bond motifs is 1. The van der Waals surface area contributed by atoms with E-state index in [1.54, 1.807) is 0 Å². The van der Waals surface area contributed by atoms with Crippen molar-refractivity contribution in [2.24, 2.45) is 5.73 Å². The molecule has 2 aliphatic heterocycles. The SMILES string of the molecule is CC(N)C1CCCCN1C(=O)c1ccc2c(c1)COC2.Cl. The molecule has 1 aromatic rings. The average molecular weight is 311 g/mol. The number of halogens is 1. The van der Waals surface area contributed by atoms with Gasteiger partial charge in [0.1, 0.15) is 0 Å². The largest absolute Gasteiger partial charge is 0.372 e. The van der Waals surface area contributed by atoms with Crippen molar-refractivity contribution in [3.8, 4) is 0 Å². The van der Waals surface area contributed by atoms with Crippen LogP contribution in [0.3, 0.4) is 0 Å². The zero-order chi connectivity index (χ0) is 14.1. The van der Waals surface area contributed by atoms with Gasteiger partial charge in [0.2, 0.25) is 0 Å². The van der Waals surface area contributed by atoms with E-state index in [0.29, 0.717) is 13.2 Å². The van der Waals surface area contributed by atoms with Gasteiger partial charge in [0.05, 0.1) is 13.2 Å². The first-order chi connectivity index (χ1) is 9.66. The first-order valence-corrected chi connectivity index (χ1v) is 7.43. The fourth-order valence-electron chi connectivity index (χ4n) is 3.23. The van der Waals surface area contributed by atoms with Crippen LogP contribution in [0.5, 0.6) is 0 Å². The normalized spacial score (nSPS) is 22.4. The van der Waals surface area contributed by atoms with E-state index < -0.39 is 0 Å². The van der Waals surface area contributed by atoms with Crippen molar-refractivity contribution >= 4 is 18.3 Å². The van der Waals surface area contributed by atoms with Gasteiger partial charge in [-0.1, -0.05) is 6.07 Å². The third-order valence-corrected chi connectivity index (χ3v) is 4.39. The summed E-state index contributed by atoms with van der Waals surface area (Å²) in [5.41, 5.74) is 9.16. The number of hydrogen-bond acceptors (Lipinski definition) is 3. The Morgan fingerprint density at radius 3 is 2.86 bits per heavy atom. The van der Waals surface area contributed by atoms with Crippen LogP contribution in [0.1, 0.15) is 47.7 Å². The lowest BCUT2D eigenvalue weighted by Gasteiger charge is -2.38. The smallest absolute Gasteiger partial charge is 0.254 e. The maximum atomic E-state index is 12.7. The number of nitrogens with two attached hydrogens (primary N) is 1. The van der Waals surface area contributed by atoms with E-state index >= 15 is 0 Å². The number of ether oxygens (including phenoxy) is 1. The molecule has 116 valence electrons. The first-order valence-electron chi connectivity index (χ1n) is 7.43. The van der Waals surface area contributed by atoms with Gasteiger partial charge in [0.15, 0.2) is 0 Å². The molecule has 1 fully saturated rings. The van der Waals surface area contributed by atoms with Crippen LogP contribution in [0.25, 0.3) is 0 Å². The average Bonchev–Trinajstić information content (AvgIpc) is 2.93. The number of carbonyl (C=O) groups excluding carboxylic acids is 1. The maximum Gasteiger partial charge on any atom is 0.254 e. The van der Waals surface area contributed by atoms with Gasteiger partial charge in [-0.2, -0.15) is 0 Å². The summed E-state index contributed by atoms with van der Waals surface area (Å²) in [5.74, 6) is 0.113. The van der Waals surface area contributed by atoms with Crippen molar-refractivity contribution < 1.29 is 9.53 Å². The molecule has 1 saturated heterocycles. The Balaban J connectivity index is 0.00000161. The standard InChI is InChI=1S/C16H22N2O2.ClH/c1-11(17)15-4-2-3-7-18(15)16(19)12-5-6-13-9-20-10-14(13)8-12;/h5-6,8,11,15H,2-4,7,9-10,17H2,1H3;1H. The van der Waals surface area contributed by atoms with Crippen LogP contribution in [0.4, 0.5) is 0 Å². The fourth-order valence-corrected chi connectivity index (χ4v) is 3.23. The summed E-state index contributed by atoms with van der Waals surface area (Å²) in [7, 11) is 0. The number of rotatable bonds is 2. The molecule has 0 aromatic heterocycles. The highest BCUT2D eigenvalue weighted by atomic mass is 35.5. The maximum absolute atomic E-state index is 12.7. The molecule has 3 rings (SSSR count). The van der Waals surface area contributed by atoms with Crippen LogP contribution in [-0.2, 0) is 18.0 Å². The highest BCUT2D eigenvalue weighted by molar-refractivity contribution is 5.94. The molecule has 4 nitrogen and oxygen atoms in total. The van der Waals surface area contributed by atoms with Gasteiger partial charge in [0.25, 0.3) is 5.91 Å². The molecule has 5 heteroatoms. The minimum atomic E-state index is 0. The Bertz CT molecular complexity index is 519. The van der Waals surface area contributed by atoms with Crippen LogP contribution in [0.15, 0.2) is 18.2 Å². The van der Waals surface area contributed by atoms with Crippen molar-refractivity contribution in [2.75, 3.05) is 6.54 Å². The van der Waals surface area contributed by atoms with Crippen LogP contribution in [0, 0.1) is 0 Å². The predicted octanol–water partition coefficient (Wildman–Crippen LogP) is 2.48. The van der Waals surface area contributed by atoms with Crippen molar-refractivity contribution in [1.82, 2.24) is 4.90 Å². The van der Waals surface area contributed by atoms with Gasteiger partial charge < -0.3 is 15.4 Å². The summed E-state index contributed by atoms with van der Waals surface area (Å²) < 4.78 is 5.41. The molecule has 0 aliphatic carbocycles. The number of carbonyl (C=O) groups is 1. The van der Waals surface area contributed by atoms with Gasteiger partial charge in [0, 0.05) is 24.2 Å². The molecule has 1 amide bonds. The van der Waals surface area contributed by atoms with Crippen molar-refractivity contribution in [1.29, 1.82) is 0 Å². The summed E-state index contributed by atoms with van der Waals surface area (Å²) in [5, 5.41) is 0. The predicted molar refractivity (Wildman–Crippen MR) is 84.5 cm³/mol. The molecule has 0 spiro atoms. The second-order valence-electron chi connectivity index (χ2n) is 5.90. The van der Waals surface area contributed by atoms with E-state index in [-0.39, 0.29) is 30.4 Å². The highest BCUT2D eigenvalue weighted by Crippen LogP contribution is 2.25. The van der Waals surface area contributed by atoms with Crippen molar-refractivity contribution in [2.45, 2.75) is 51.5 Å². The number of hydrogen-bond donors (Lipinski definition) is 1. The van der Waals surface area contributed by atoms with Gasteiger partial charge in [-0.05, 0) is 49.4 Å². The lowest BCUT2D eigenvalue weighted by Crippen LogP contribution is -2.51. The van der Waals surface area contributed by atoms with E-state index in [2.05, 4.69) is 0 Å². The Kier molecular flexibility index (Phi) is 5.25. The molecular formula is C16H23ClN2O2. The fraction of sp³-hybridized carbons (Fsp3) is 0.562. The van der Waals surface area contributed by atoms with Crippen LogP contribution >= 0.6 is 12.4 Å². The number of nitrogens with zero attached hydrogens (tertiary/aromatic N) is 1. The second-order valence-corrected chi connectivity index (χ2v) is 5.90. The monoisotopic (exact) mass is 310 g/mol. The van der Waals surface area contributed by atoms with Gasteiger partial charge in [-0.3, -0.25) is 4.79 Å². The Morgan fingerprint density at radius 1 is 1.33 bits per heavy atom. The van der Waals surface area contributed by atoms with Crippen LogP contribution in [-0.4, -0.2) is 29.4 Å². The summed E-state index contributed by atoms with van der Waals surface area (Å²) in [6.45, 7) is 4.09. The van der Waals surface area contributed by atoms with Crippen LogP contribution in [0.2, 0.25) is 0 Å². The lowest BCUT2D eigenvalue weighted by molar-refractivity contribution is 0.0583. The highest BCUT2D eigenvalue weighted by Gasteiger charge is 2.30. The van der Waals surface area contributed by atoms with E-state index in [9.17, 15) is 4.79 Å². The van der Waals surface area contributed by atoms with Gasteiger partial charge in [-0.25, -0.2) is 0 Å². The molecule has 2 N–H and O–H groups in total. The van der Waals surface area contributed by atoms with Crippen LogP contribution < -0.4 is 5.73 Å². The zero-order valence-electron chi connectivity index (χ0n) is 12.4. The third-order valence-electron chi connectivity index (χ3n) is 4.39. The van der Waals surface area contributed by atoms with E-state index in [1.165, 1.54) is 5.56 Å². The molecule has 2 aliphatic rings. The van der Waals surface area contributed by atoms with E-state index in [0.717, 1.165) is 36.9 Å². The molecule has 21 heavy (non-hydrogen) atoms. The van der Waals surface area contributed by atoms with Gasteiger partial charge in [-0.15, -0.1) is 12.4 Å². The van der Waals surface area contributed by atoms with E-state index in [1.807, 2.05) is 30.0 Å². The Labute approximate surface area is 132 Å². The summed E-state index contributed by atoms with van der Waals surface area (Å²) in [6, 6.07) is 6.11. The first kappa shape index (κ1) is 16.3. The Morgan fingerprint density at radius 2 is 2.10 bits per heavy atom. The van der Waals surface area contributed by atoms with E-state index in [4.69, 9.17) is 10.5 Å². The molecule has 0 radical (unpaired) electrons. The van der Waals surface area contributed by atoms with Crippen molar-refractivity contribution in [3.63, 3.8) is 0 Å².